The molecular weight excluding hydrogens is 558 g/mol. The highest BCUT2D eigenvalue weighted by Crippen LogP contribution is 2.42. The Labute approximate surface area is 183 Å². The first-order chi connectivity index (χ1) is 13.4. The van der Waals surface area contributed by atoms with Crippen molar-refractivity contribution in [2.75, 3.05) is 5.32 Å². The molecule has 0 saturated carbocycles. The fourth-order valence-electron chi connectivity index (χ4n) is 2.42. The molecule has 0 aliphatic carbocycles. The molecule has 0 atom stereocenters. The molecule has 3 aromatic rings. The van der Waals surface area contributed by atoms with E-state index in [1.54, 1.807) is 18.2 Å². The Balaban J connectivity index is 2.16. The SMILES string of the molecule is FC(F)(F)c1cc(Cl)c(Nc2c(I)c(C(F)(F)F)nn2-c2ccccc2)c(Cl)c1. The van der Waals surface area contributed by atoms with Gasteiger partial charge in [-0.2, -0.15) is 31.4 Å². The van der Waals surface area contributed by atoms with Crippen LogP contribution in [0.2, 0.25) is 10.0 Å². The smallest absolute Gasteiger partial charge is 0.337 e. The van der Waals surface area contributed by atoms with Crippen molar-refractivity contribution < 1.29 is 26.3 Å². The molecule has 0 spiro atoms. The number of aromatic nitrogens is 2. The predicted octanol–water partition coefficient (Wildman–Crippen LogP) is 7.56. The van der Waals surface area contributed by atoms with Crippen molar-refractivity contribution in [1.82, 2.24) is 9.78 Å². The van der Waals surface area contributed by atoms with Gasteiger partial charge in [0, 0.05) is 0 Å². The first-order valence-corrected chi connectivity index (χ1v) is 9.47. The van der Waals surface area contributed by atoms with Gasteiger partial charge in [0.05, 0.1) is 30.6 Å². The monoisotopic (exact) mass is 565 g/mol. The Morgan fingerprint density at radius 2 is 1.45 bits per heavy atom. The van der Waals surface area contributed by atoms with Gasteiger partial charge in [0.1, 0.15) is 5.82 Å². The molecule has 3 nitrogen and oxygen atoms in total. The molecule has 0 amide bonds. The summed E-state index contributed by atoms with van der Waals surface area (Å²) in [5, 5.41) is 5.41. The van der Waals surface area contributed by atoms with Gasteiger partial charge in [-0.25, -0.2) is 4.68 Å². The van der Waals surface area contributed by atoms with Crippen molar-refractivity contribution in [3.63, 3.8) is 0 Å². The molecule has 0 aliphatic rings. The number of hydrogen-bond acceptors (Lipinski definition) is 2. The minimum Gasteiger partial charge on any atom is -0.337 e. The summed E-state index contributed by atoms with van der Waals surface area (Å²) in [6.45, 7) is 0. The summed E-state index contributed by atoms with van der Waals surface area (Å²) in [4.78, 5) is 0. The van der Waals surface area contributed by atoms with Crippen LogP contribution in [-0.4, -0.2) is 9.78 Å². The third-order valence-electron chi connectivity index (χ3n) is 3.71. The number of nitrogens with one attached hydrogen (secondary N) is 1. The van der Waals surface area contributed by atoms with Crippen LogP contribution in [0.15, 0.2) is 42.5 Å². The van der Waals surface area contributed by atoms with Gasteiger partial charge in [0.15, 0.2) is 5.69 Å². The molecule has 1 N–H and O–H groups in total. The molecule has 29 heavy (non-hydrogen) atoms. The zero-order chi connectivity index (χ0) is 21.6. The molecule has 0 unspecified atom stereocenters. The van der Waals surface area contributed by atoms with E-state index in [-0.39, 0.29) is 15.1 Å². The third-order valence-corrected chi connectivity index (χ3v) is 5.33. The first-order valence-electron chi connectivity index (χ1n) is 7.64. The van der Waals surface area contributed by atoms with Gasteiger partial charge >= 0.3 is 12.4 Å². The summed E-state index contributed by atoms with van der Waals surface area (Å²) in [6.07, 6.45) is -9.43. The topological polar surface area (TPSA) is 29.9 Å². The second kappa shape index (κ2) is 7.88. The second-order valence-corrected chi connectivity index (χ2v) is 7.59. The Morgan fingerprint density at radius 3 is 1.93 bits per heavy atom. The predicted molar refractivity (Wildman–Crippen MR) is 106 cm³/mol. The van der Waals surface area contributed by atoms with Crippen molar-refractivity contribution in [2.24, 2.45) is 0 Å². The lowest BCUT2D eigenvalue weighted by Gasteiger charge is -2.15. The van der Waals surface area contributed by atoms with Crippen molar-refractivity contribution >= 4 is 57.3 Å². The minimum absolute atomic E-state index is 0.146. The van der Waals surface area contributed by atoms with Crippen LogP contribution in [0, 0.1) is 3.57 Å². The molecule has 1 heterocycles. The molecule has 0 saturated heterocycles. The van der Waals surface area contributed by atoms with Crippen molar-refractivity contribution in [3.05, 3.63) is 67.3 Å². The largest absolute Gasteiger partial charge is 0.436 e. The Hall–Kier alpha value is -1.66. The number of hydrogen-bond donors (Lipinski definition) is 1. The van der Waals surface area contributed by atoms with Gasteiger partial charge in [-0.3, -0.25) is 0 Å². The summed E-state index contributed by atoms with van der Waals surface area (Å²) in [5.41, 5.74) is -2.13. The zero-order valence-corrected chi connectivity index (χ0v) is 17.5. The number of anilines is 2. The van der Waals surface area contributed by atoms with E-state index >= 15 is 0 Å². The Morgan fingerprint density at radius 1 is 0.897 bits per heavy atom. The van der Waals surface area contributed by atoms with Crippen molar-refractivity contribution in [2.45, 2.75) is 12.4 Å². The average Bonchev–Trinajstić information content (AvgIpc) is 2.94. The number of benzene rings is 2. The number of alkyl halides is 6. The lowest BCUT2D eigenvalue weighted by Crippen LogP contribution is -2.08. The average molecular weight is 566 g/mol. The van der Waals surface area contributed by atoms with Gasteiger partial charge < -0.3 is 5.32 Å². The highest BCUT2D eigenvalue weighted by molar-refractivity contribution is 14.1. The lowest BCUT2D eigenvalue weighted by molar-refractivity contribution is -0.142. The van der Waals surface area contributed by atoms with Gasteiger partial charge in [0.25, 0.3) is 0 Å². The van der Waals surface area contributed by atoms with Gasteiger partial charge in [0.2, 0.25) is 0 Å². The normalized spacial score (nSPS) is 12.3. The summed E-state index contributed by atoms with van der Waals surface area (Å²) in [6, 6.07) is 9.17. The Bertz CT molecular complexity index is 1020. The van der Waals surface area contributed by atoms with Crippen LogP contribution >= 0.6 is 45.8 Å². The van der Waals surface area contributed by atoms with Crippen LogP contribution in [0.3, 0.4) is 0 Å². The number of rotatable bonds is 3. The fraction of sp³-hybridized carbons (Fsp3) is 0.118. The molecule has 3 rings (SSSR count). The molecule has 0 radical (unpaired) electrons. The standard InChI is InChI=1S/C17H8Cl2F6IN3/c18-10-6-8(16(20,21)22)7-11(19)13(10)27-15-12(26)14(17(23,24)25)28-29(15)9-4-2-1-3-5-9/h1-7,27H. The second-order valence-electron chi connectivity index (χ2n) is 5.69. The highest BCUT2D eigenvalue weighted by Gasteiger charge is 2.39. The molecule has 0 aliphatic heterocycles. The van der Waals surface area contributed by atoms with Gasteiger partial charge in [-0.15, -0.1) is 0 Å². The minimum atomic E-state index is -4.75. The van der Waals surface area contributed by atoms with Gasteiger partial charge in [-0.05, 0) is 46.9 Å². The number of para-hydroxylation sites is 1. The zero-order valence-electron chi connectivity index (χ0n) is 13.8. The van der Waals surface area contributed by atoms with Gasteiger partial charge in [-0.1, -0.05) is 41.4 Å². The van der Waals surface area contributed by atoms with Crippen LogP contribution in [0.5, 0.6) is 0 Å². The first kappa shape index (κ1) is 22.0. The van der Waals surface area contributed by atoms with E-state index in [1.165, 1.54) is 34.7 Å². The maximum atomic E-state index is 13.4. The van der Waals surface area contributed by atoms with E-state index in [0.29, 0.717) is 17.8 Å². The fourth-order valence-corrected chi connectivity index (χ4v) is 3.78. The quantitative estimate of drug-likeness (QED) is 0.262. The molecule has 12 heteroatoms. The van der Waals surface area contributed by atoms with Crippen LogP contribution in [0.4, 0.5) is 37.8 Å². The molecular formula is C17H8Cl2F6IN3. The van der Waals surface area contributed by atoms with E-state index in [2.05, 4.69) is 10.4 Å². The van der Waals surface area contributed by atoms with E-state index < -0.39 is 33.7 Å². The third kappa shape index (κ3) is 4.58. The van der Waals surface area contributed by atoms with Crippen LogP contribution in [0.25, 0.3) is 5.69 Å². The molecule has 2 aromatic carbocycles. The summed E-state index contributed by atoms with van der Waals surface area (Å²) < 4.78 is 79.5. The summed E-state index contributed by atoms with van der Waals surface area (Å²) in [7, 11) is 0. The summed E-state index contributed by atoms with van der Waals surface area (Å²) >= 11 is 13.3. The van der Waals surface area contributed by atoms with E-state index in [0.717, 1.165) is 4.68 Å². The van der Waals surface area contributed by atoms with Crippen molar-refractivity contribution in [1.29, 1.82) is 0 Å². The molecule has 154 valence electrons. The van der Waals surface area contributed by atoms with Crippen LogP contribution in [-0.2, 0) is 12.4 Å². The van der Waals surface area contributed by atoms with E-state index in [9.17, 15) is 26.3 Å². The van der Waals surface area contributed by atoms with Crippen LogP contribution < -0.4 is 5.32 Å². The highest BCUT2D eigenvalue weighted by atomic mass is 127. The van der Waals surface area contributed by atoms with E-state index in [1.807, 2.05) is 0 Å². The molecule has 1 aromatic heterocycles. The van der Waals surface area contributed by atoms with Crippen LogP contribution in [0.1, 0.15) is 11.3 Å². The lowest BCUT2D eigenvalue weighted by atomic mass is 10.2. The maximum absolute atomic E-state index is 13.4. The Kier molecular flexibility index (Phi) is 5.98. The molecule has 0 fully saturated rings. The van der Waals surface area contributed by atoms with E-state index in [4.69, 9.17) is 23.2 Å². The van der Waals surface area contributed by atoms with Crippen molar-refractivity contribution in [3.8, 4) is 5.69 Å². The maximum Gasteiger partial charge on any atom is 0.436 e. The number of halogens is 9. The summed E-state index contributed by atoms with van der Waals surface area (Å²) in [5.74, 6) is -0.146. The number of nitrogens with zero attached hydrogens (tertiary/aromatic N) is 2. The molecule has 0 bridgehead atoms.